The number of nitrogens with zero attached hydrogens (tertiary/aromatic N) is 2. The lowest BCUT2D eigenvalue weighted by molar-refractivity contribution is 0.443. The number of rotatable bonds is 2. The number of aromatic nitrogens is 1. The Labute approximate surface area is 206 Å². The van der Waals surface area contributed by atoms with Crippen LogP contribution in [0, 0.1) is 0 Å². The summed E-state index contributed by atoms with van der Waals surface area (Å²) in [5.41, 5.74) is 6.71. The zero-order valence-corrected chi connectivity index (χ0v) is 19.1. The molecule has 4 N–H and O–H groups in total. The maximum absolute atomic E-state index is 10.00. The first-order valence-corrected chi connectivity index (χ1v) is 11.6. The van der Waals surface area contributed by atoms with Gasteiger partial charge in [0.1, 0.15) is 11.5 Å². The van der Waals surface area contributed by atoms with Gasteiger partial charge in [-0.25, -0.2) is 0 Å². The van der Waals surface area contributed by atoms with E-state index in [9.17, 15) is 10.2 Å². The van der Waals surface area contributed by atoms with Crippen molar-refractivity contribution in [3.8, 4) is 34.1 Å². The van der Waals surface area contributed by atoms with Crippen molar-refractivity contribution >= 4 is 38.9 Å². The minimum absolute atomic E-state index is 0.113. The summed E-state index contributed by atoms with van der Waals surface area (Å²) in [7, 11) is 0. The number of nitrogens with two attached hydrogens (primary N) is 1. The average molecular weight is 472 g/mol. The first kappa shape index (κ1) is 20.3. The molecule has 0 radical (unpaired) electrons. The van der Waals surface area contributed by atoms with Crippen molar-refractivity contribution in [3.05, 3.63) is 103 Å². The first-order chi connectivity index (χ1) is 17.6. The van der Waals surface area contributed by atoms with Gasteiger partial charge in [-0.15, -0.1) is 0 Å². The molecule has 1 aliphatic heterocycles. The molecule has 6 nitrogen and oxygen atoms in total. The Bertz CT molecular complexity index is 1750. The number of hydrogen-bond donors (Lipinski definition) is 3. The third-order valence-corrected chi connectivity index (χ3v) is 6.76. The molecule has 6 heteroatoms. The third kappa shape index (κ3) is 2.98. The molecule has 0 aliphatic carbocycles. The molecule has 36 heavy (non-hydrogen) atoms. The van der Waals surface area contributed by atoms with Gasteiger partial charge >= 0.3 is 0 Å². The van der Waals surface area contributed by atoms with Crippen LogP contribution in [-0.4, -0.2) is 14.9 Å². The Morgan fingerprint density at radius 2 is 1.19 bits per heavy atom. The smallest absolute Gasteiger partial charge is 0.155 e. The maximum atomic E-state index is 10.00. The SMILES string of the molecule is Nn1c2ccccc2c2cc(-c3ccc(N4c5ccc(O)cc5Oc5cc(O)ccc54)cc3)ccc21. The number of ether oxygens (including phenoxy) is 1. The van der Waals surface area contributed by atoms with E-state index < -0.39 is 0 Å². The topological polar surface area (TPSA) is 83.9 Å². The Morgan fingerprint density at radius 3 is 1.89 bits per heavy atom. The second-order valence-corrected chi connectivity index (χ2v) is 8.91. The second kappa shape index (κ2) is 7.45. The minimum Gasteiger partial charge on any atom is -0.508 e. The van der Waals surface area contributed by atoms with Gasteiger partial charge in [-0.2, -0.15) is 0 Å². The van der Waals surface area contributed by atoms with Crippen LogP contribution in [0.15, 0.2) is 103 Å². The van der Waals surface area contributed by atoms with Gasteiger partial charge < -0.3 is 25.7 Å². The van der Waals surface area contributed by atoms with Crippen molar-refractivity contribution in [1.29, 1.82) is 0 Å². The van der Waals surface area contributed by atoms with Gasteiger partial charge in [0.25, 0.3) is 0 Å². The molecule has 0 unspecified atom stereocenters. The summed E-state index contributed by atoms with van der Waals surface area (Å²) in [6.45, 7) is 0. The first-order valence-electron chi connectivity index (χ1n) is 11.6. The van der Waals surface area contributed by atoms with Gasteiger partial charge in [-0.1, -0.05) is 36.4 Å². The Balaban J connectivity index is 1.33. The minimum atomic E-state index is 0.113. The zero-order valence-electron chi connectivity index (χ0n) is 19.1. The molecule has 0 saturated carbocycles. The molecule has 2 heterocycles. The predicted octanol–water partition coefficient (Wildman–Crippen LogP) is 7.16. The van der Waals surface area contributed by atoms with E-state index in [0.29, 0.717) is 11.5 Å². The molecular formula is C30H21N3O3. The highest BCUT2D eigenvalue weighted by molar-refractivity contribution is 6.09. The normalized spacial score (nSPS) is 12.4. The van der Waals surface area contributed by atoms with E-state index in [-0.39, 0.29) is 11.5 Å². The molecular weight excluding hydrogens is 450 g/mol. The molecule has 1 aromatic heterocycles. The molecule has 7 rings (SSSR count). The van der Waals surface area contributed by atoms with Gasteiger partial charge in [0.05, 0.1) is 22.4 Å². The van der Waals surface area contributed by atoms with E-state index >= 15 is 0 Å². The van der Waals surface area contributed by atoms with E-state index in [4.69, 9.17) is 10.6 Å². The highest BCUT2D eigenvalue weighted by atomic mass is 16.5. The summed E-state index contributed by atoms with van der Waals surface area (Å²) in [5, 5.41) is 22.2. The number of para-hydroxylation sites is 1. The van der Waals surface area contributed by atoms with Crippen LogP contribution in [0.3, 0.4) is 0 Å². The fourth-order valence-electron chi connectivity index (χ4n) is 5.05. The van der Waals surface area contributed by atoms with E-state index in [2.05, 4.69) is 53.4 Å². The van der Waals surface area contributed by atoms with E-state index in [1.165, 1.54) is 0 Å². The lowest BCUT2D eigenvalue weighted by Gasteiger charge is -2.33. The van der Waals surface area contributed by atoms with Crippen molar-refractivity contribution in [3.63, 3.8) is 0 Å². The second-order valence-electron chi connectivity index (χ2n) is 8.91. The fraction of sp³-hybridized carbons (Fsp3) is 0. The van der Waals surface area contributed by atoms with Gasteiger partial charge in [0, 0.05) is 28.6 Å². The Morgan fingerprint density at radius 1 is 0.583 bits per heavy atom. The number of anilines is 3. The largest absolute Gasteiger partial charge is 0.508 e. The summed E-state index contributed by atoms with van der Waals surface area (Å²) in [4.78, 5) is 2.06. The molecule has 6 aromatic rings. The van der Waals surface area contributed by atoms with Crippen molar-refractivity contribution in [2.75, 3.05) is 10.7 Å². The van der Waals surface area contributed by atoms with Gasteiger partial charge in [0.2, 0.25) is 0 Å². The number of aromatic hydroxyl groups is 2. The van der Waals surface area contributed by atoms with E-state index in [1.807, 2.05) is 30.3 Å². The van der Waals surface area contributed by atoms with Crippen LogP contribution in [0.2, 0.25) is 0 Å². The summed E-state index contributed by atoms with van der Waals surface area (Å²) in [6.07, 6.45) is 0. The molecule has 0 amide bonds. The van der Waals surface area contributed by atoms with E-state index in [1.54, 1.807) is 28.9 Å². The molecule has 5 aromatic carbocycles. The number of phenolic OH excluding ortho intramolecular Hbond substituents is 2. The number of hydrogen-bond acceptors (Lipinski definition) is 5. The number of benzene rings is 5. The predicted molar refractivity (Wildman–Crippen MR) is 143 cm³/mol. The van der Waals surface area contributed by atoms with Gasteiger partial charge in [-0.3, -0.25) is 4.68 Å². The molecule has 0 spiro atoms. The highest BCUT2D eigenvalue weighted by Gasteiger charge is 2.26. The monoisotopic (exact) mass is 471 g/mol. The summed E-state index contributed by atoms with van der Waals surface area (Å²) in [5.74, 6) is 7.59. The van der Waals surface area contributed by atoms with Crippen LogP contribution in [0.1, 0.15) is 0 Å². The van der Waals surface area contributed by atoms with Crippen LogP contribution in [-0.2, 0) is 0 Å². The average Bonchev–Trinajstić information content (AvgIpc) is 3.19. The van der Waals surface area contributed by atoms with Crippen LogP contribution < -0.4 is 15.5 Å². The highest BCUT2D eigenvalue weighted by Crippen LogP contribution is 2.52. The molecule has 1 aliphatic rings. The number of nitrogen functional groups attached to an aromatic ring is 1. The lowest BCUT2D eigenvalue weighted by atomic mass is 10.0. The Kier molecular flexibility index (Phi) is 4.20. The molecule has 174 valence electrons. The third-order valence-electron chi connectivity index (χ3n) is 6.76. The zero-order chi connectivity index (χ0) is 24.4. The van der Waals surface area contributed by atoms with Crippen molar-refractivity contribution in [2.45, 2.75) is 0 Å². The fourth-order valence-corrected chi connectivity index (χ4v) is 5.05. The molecule has 0 fully saturated rings. The van der Waals surface area contributed by atoms with E-state index in [0.717, 1.165) is 50.0 Å². The van der Waals surface area contributed by atoms with Gasteiger partial charge in [0.15, 0.2) is 11.5 Å². The number of fused-ring (bicyclic) bond motifs is 5. The maximum Gasteiger partial charge on any atom is 0.155 e. The van der Waals surface area contributed by atoms with Gasteiger partial charge in [-0.05, 0) is 65.7 Å². The van der Waals surface area contributed by atoms with Crippen LogP contribution in [0.4, 0.5) is 17.1 Å². The van der Waals surface area contributed by atoms with Crippen molar-refractivity contribution < 1.29 is 14.9 Å². The quantitative estimate of drug-likeness (QED) is 0.233. The molecule has 0 atom stereocenters. The van der Waals surface area contributed by atoms with Crippen molar-refractivity contribution in [2.24, 2.45) is 0 Å². The lowest BCUT2D eigenvalue weighted by Crippen LogP contribution is -2.15. The molecule has 0 saturated heterocycles. The van der Waals surface area contributed by atoms with Crippen LogP contribution in [0.5, 0.6) is 23.0 Å². The standard InChI is InChI=1S/C30H21N3O3/c31-33-25-4-2-1-3-23(25)24-15-19(7-12-26(24)33)18-5-8-20(9-6-18)32-27-13-10-21(34)16-29(27)36-30-17-22(35)11-14-28(30)32/h1-17,34-35H,31H2. The van der Waals surface area contributed by atoms with Crippen molar-refractivity contribution in [1.82, 2.24) is 4.68 Å². The van der Waals surface area contributed by atoms with Crippen LogP contribution >= 0.6 is 0 Å². The summed E-state index contributed by atoms with van der Waals surface area (Å²) >= 11 is 0. The summed E-state index contributed by atoms with van der Waals surface area (Å²) < 4.78 is 7.72. The Hall–Kier alpha value is -5.10. The summed E-state index contributed by atoms with van der Waals surface area (Å²) in [6, 6.07) is 32.9. The number of phenols is 2. The van der Waals surface area contributed by atoms with Crippen LogP contribution in [0.25, 0.3) is 32.9 Å². The molecule has 0 bridgehead atoms.